The van der Waals surface area contributed by atoms with Gasteiger partial charge in [0.15, 0.2) is 5.76 Å². The van der Waals surface area contributed by atoms with E-state index in [0.29, 0.717) is 5.76 Å². The van der Waals surface area contributed by atoms with Crippen LogP contribution in [0.5, 0.6) is 0 Å². The summed E-state index contributed by atoms with van der Waals surface area (Å²) in [5.74, 6) is 0.462. The minimum absolute atomic E-state index is 0.0178. The van der Waals surface area contributed by atoms with Gasteiger partial charge < -0.3 is 14.3 Å². The van der Waals surface area contributed by atoms with Crippen LogP contribution in [0.2, 0.25) is 0 Å². The van der Waals surface area contributed by atoms with Crippen molar-refractivity contribution in [2.75, 3.05) is 5.32 Å². The second-order valence-electron chi connectivity index (χ2n) is 5.12. The van der Waals surface area contributed by atoms with Crippen LogP contribution in [0.15, 0.2) is 51.6 Å². The molecule has 0 aliphatic heterocycles. The van der Waals surface area contributed by atoms with Gasteiger partial charge in [-0.05, 0) is 30.3 Å². The van der Waals surface area contributed by atoms with Gasteiger partial charge in [0, 0.05) is 18.5 Å². The Hall–Kier alpha value is -3.10. The molecule has 0 aliphatic rings. The summed E-state index contributed by atoms with van der Waals surface area (Å²) in [4.78, 5) is 16.0. The standard InChI is InChI=1S/C16H12F3N3O3/c17-16(18,19)10-3-1-4-11(9-10)20-13(23)6-7-14-21-15(22-25-14)12-5-2-8-24-12/h1-5,8-9H,6-7H2,(H,20,23). The van der Waals surface area contributed by atoms with E-state index in [1.54, 1.807) is 12.1 Å². The number of aromatic nitrogens is 2. The maximum atomic E-state index is 12.6. The van der Waals surface area contributed by atoms with Crippen molar-refractivity contribution in [3.63, 3.8) is 0 Å². The summed E-state index contributed by atoms with van der Waals surface area (Å²) in [5, 5.41) is 6.13. The van der Waals surface area contributed by atoms with E-state index in [0.717, 1.165) is 12.1 Å². The number of anilines is 1. The van der Waals surface area contributed by atoms with Gasteiger partial charge in [0.1, 0.15) is 0 Å². The number of aryl methyl sites for hydroxylation is 1. The fraction of sp³-hybridized carbons (Fsp3) is 0.188. The molecule has 6 nitrogen and oxygen atoms in total. The fourth-order valence-electron chi connectivity index (χ4n) is 2.08. The zero-order valence-corrected chi connectivity index (χ0v) is 12.7. The Balaban J connectivity index is 1.57. The summed E-state index contributed by atoms with van der Waals surface area (Å²) < 4.78 is 48.1. The number of carbonyl (C=O) groups excluding carboxylic acids is 1. The van der Waals surface area contributed by atoms with Crippen molar-refractivity contribution in [2.24, 2.45) is 0 Å². The zero-order chi connectivity index (χ0) is 17.9. The van der Waals surface area contributed by atoms with Gasteiger partial charge in [-0.3, -0.25) is 4.79 Å². The number of amides is 1. The number of halogens is 3. The topological polar surface area (TPSA) is 81.2 Å². The normalized spacial score (nSPS) is 11.5. The summed E-state index contributed by atoms with van der Waals surface area (Å²) in [6, 6.07) is 7.76. The van der Waals surface area contributed by atoms with Crippen molar-refractivity contribution < 1.29 is 26.9 Å². The molecule has 0 fully saturated rings. The molecule has 1 amide bonds. The van der Waals surface area contributed by atoms with Gasteiger partial charge in [-0.25, -0.2) is 0 Å². The first kappa shape index (κ1) is 16.7. The summed E-state index contributed by atoms with van der Waals surface area (Å²) in [6.45, 7) is 0. The molecule has 130 valence electrons. The molecule has 0 spiro atoms. The molecule has 3 rings (SSSR count). The maximum Gasteiger partial charge on any atom is 0.416 e. The third kappa shape index (κ3) is 4.25. The number of rotatable bonds is 5. The third-order valence-electron chi connectivity index (χ3n) is 3.25. The van der Waals surface area contributed by atoms with Crippen molar-refractivity contribution in [2.45, 2.75) is 19.0 Å². The molecule has 1 aromatic carbocycles. The zero-order valence-electron chi connectivity index (χ0n) is 12.7. The first-order valence-corrected chi connectivity index (χ1v) is 7.25. The average Bonchev–Trinajstić information content (AvgIpc) is 3.24. The Bertz CT molecular complexity index is 857. The molecule has 0 radical (unpaired) electrons. The number of hydrogen-bond donors (Lipinski definition) is 1. The highest BCUT2D eigenvalue weighted by Crippen LogP contribution is 2.30. The Morgan fingerprint density at radius 3 is 2.76 bits per heavy atom. The summed E-state index contributed by atoms with van der Waals surface area (Å²) in [5.41, 5.74) is -0.757. The SMILES string of the molecule is O=C(CCc1nc(-c2ccco2)no1)Nc1cccc(C(F)(F)F)c1. The monoisotopic (exact) mass is 351 g/mol. The number of nitrogens with zero attached hydrogens (tertiary/aromatic N) is 2. The molecule has 0 aliphatic carbocycles. The van der Waals surface area contributed by atoms with Crippen molar-refractivity contribution in [1.29, 1.82) is 0 Å². The minimum atomic E-state index is -4.47. The Morgan fingerprint density at radius 1 is 1.20 bits per heavy atom. The second kappa shape index (κ2) is 6.80. The van der Waals surface area contributed by atoms with E-state index < -0.39 is 17.6 Å². The van der Waals surface area contributed by atoms with Crippen LogP contribution in [-0.4, -0.2) is 16.0 Å². The largest absolute Gasteiger partial charge is 0.461 e. The van der Waals surface area contributed by atoms with Crippen LogP contribution in [0.1, 0.15) is 17.9 Å². The molecular formula is C16H12F3N3O3. The first-order chi connectivity index (χ1) is 11.9. The van der Waals surface area contributed by atoms with E-state index >= 15 is 0 Å². The molecular weight excluding hydrogens is 339 g/mol. The predicted molar refractivity (Wildman–Crippen MR) is 80.4 cm³/mol. The number of hydrogen-bond acceptors (Lipinski definition) is 5. The van der Waals surface area contributed by atoms with Gasteiger partial charge >= 0.3 is 6.18 Å². The lowest BCUT2D eigenvalue weighted by molar-refractivity contribution is -0.137. The van der Waals surface area contributed by atoms with E-state index in [4.69, 9.17) is 8.94 Å². The van der Waals surface area contributed by atoms with Crippen molar-refractivity contribution >= 4 is 11.6 Å². The first-order valence-electron chi connectivity index (χ1n) is 7.25. The summed E-state index contributed by atoms with van der Waals surface area (Å²) >= 11 is 0. The molecule has 0 saturated heterocycles. The lowest BCUT2D eigenvalue weighted by Gasteiger charge is -2.09. The molecule has 25 heavy (non-hydrogen) atoms. The Morgan fingerprint density at radius 2 is 2.04 bits per heavy atom. The molecule has 0 bridgehead atoms. The van der Waals surface area contributed by atoms with Crippen molar-refractivity contribution in [1.82, 2.24) is 10.1 Å². The number of carbonyl (C=O) groups is 1. The maximum absolute atomic E-state index is 12.6. The molecule has 2 aromatic heterocycles. The van der Waals surface area contributed by atoms with Gasteiger partial charge in [-0.15, -0.1) is 0 Å². The lowest BCUT2D eigenvalue weighted by Crippen LogP contribution is -2.13. The highest BCUT2D eigenvalue weighted by Gasteiger charge is 2.30. The second-order valence-corrected chi connectivity index (χ2v) is 5.12. The Labute approximate surface area is 139 Å². The van der Waals surface area contributed by atoms with Crippen molar-refractivity contribution in [3.05, 3.63) is 54.1 Å². The van der Waals surface area contributed by atoms with Crippen LogP contribution in [0.4, 0.5) is 18.9 Å². The minimum Gasteiger partial charge on any atom is -0.461 e. The average molecular weight is 351 g/mol. The lowest BCUT2D eigenvalue weighted by atomic mass is 10.2. The number of nitrogens with one attached hydrogen (secondary N) is 1. The molecule has 9 heteroatoms. The number of benzene rings is 1. The molecule has 0 atom stereocenters. The van der Waals surface area contributed by atoms with Gasteiger partial charge in [0.25, 0.3) is 0 Å². The van der Waals surface area contributed by atoms with Crippen LogP contribution in [0.3, 0.4) is 0 Å². The molecule has 0 unspecified atom stereocenters. The van der Waals surface area contributed by atoms with Gasteiger partial charge in [-0.2, -0.15) is 18.2 Å². The molecule has 1 N–H and O–H groups in total. The predicted octanol–water partition coefficient (Wildman–Crippen LogP) is 3.92. The quantitative estimate of drug-likeness (QED) is 0.753. The van der Waals surface area contributed by atoms with Crippen molar-refractivity contribution in [3.8, 4) is 11.6 Å². The van der Waals surface area contributed by atoms with Crippen LogP contribution in [-0.2, 0) is 17.4 Å². The van der Waals surface area contributed by atoms with Gasteiger partial charge in [0.2, 0.25) is 17.6 Å². The number of alkyl halides is 3. The van der Waals surface area contributed by atoms with Crippen LogP contribution in [0.25, 0.3) is 11.6 Å². The fourth-order valence-corrected chi connectivity index (χ4v) is 2.08. The molecule has 2 heterocycles. The van der Waals surface area contributed by atoms with Gasteiger partial charge in [-0.1, -0.05) is 11.2 Å². The highest BCUT2D eigenvalue weighted by molar-refractivity contribution is 5.90. The molecule has 3 aromatic rings. The van der Waals surface area contributed by atoms with Gasteiger partial charge in [0.05, 0.1) is 11.8 Å². The van der Waals surface area contributed by atoms with E-state index in [1.807, 2.05) is 0 Å². The van der Waals surface area contributed by atoms with E-state index in [2.05, 4.69) is 15.5 Å². The van der Waals surface area contributed by atoms with E-state index in [9.17, 15) is 18.0 Å². The third-order valence-corrected chi connectivity index (χ3v) is 3.25. The summed E-state index contributed by atoms with van der Waals surface area (Å²) in [7, 11) is 0. The van der Waals surface area contributed by atoms with E-state index in [-0.39, 0.29) is 30.2 Å². The Kier molecular flexibility index (Phi) is 4.55. The smallest absolute Gasteiger partial charge is 0.416 e. The molecule has 0 saturated carbocycles. The van der Waals surface area contributed by atoms with E-state index in [1.165, 1.54) is 18.4 Å². The number of furan rings is 1. The van der Waals surface area contributed by atoms with Crippen LogP contribution >= 0.6 is 0 Å². The van der Waals surface area contributed by atoms with Crippen LogP contribution < -0.4 is 5.32 Å². The van der Waals surface area contributed by atoms with Crippen LogP contribution in [0, 0.1) is 0 Å². The summed E-state index contributed by atoms with van der Waals surface area (Å²) in [6.07, 6.45) is -2.87. The highest BCUT2D eigenvalue weighted by atomic mass is 19.4.